The predicted molar refractivity (Wildman–Crippen MR) is 172 cm³/mol. The van der Waals surface area contributed by atoms with Crippen LogP contribution in [0.2, 0.25) is 0 Å². The highest BCUT2D eigenvalue weighted by molar-refractivity contribution is 9.11. The largest absolute Gasteiger partial charge is 0.490 e. The predicted octanol–water partition coefficient (Wildman–Crippen LogP) is 5.45. The Hall–Kier alpha value is -4.14. The number of aliphatic hydroxyl groups is 1. The van der Waals surface area contributed by atoms with Crippen LogP contribution in [0.15, 0.2) is 79.9 Å². The minimum Gasteiger partial charge on any atom is -0.490 e. The number of halogens is 3. The molecule has 1 aliphatic heterocycles. The molecule has 3 aromatic rings. The number of aliphatic hydroxyl groups excluding tert-OH is 1. The monoisotopic (exact) mass is 748 g/mol. The molecule has 0 bridgehead atoms. The Morgan fingerprint density at radius 3 is 2.53 bits per heavy atom. The first-order valence-electron chi connectivity index (χ1n) is 13.7. The van der Waals surface area contributed by atoms with Crippen LogP contribution in [0.4, 0.5) is 9.18 Å². The van der Waals surface area contributed by atoms with Crippen LogP contribution in [0.3, 0.4) is 0 Å². The number of hydrazone groups is 1. The number of allylic oxidation sites excluding steroid dienone is 1. The molecule has 0 saturated heterocycles. The first-order valence-corrected chi connectivity index (χ1v) is 15.3. The lowest BCUT2D eigenvalue weighted by atomic mass is 9.95. The van der Waals surface area contributed by atoms with E-state index < -0.39 is 24.3 Å². The van der Waals surface area contributed by atoms with Crippen molar-refractivity contribution in [1.29, 1.82) is 0 Å². The number of carbonyl (C=O) groups excluding carboxylic acids is 2. The highest BCUT2D eigenvalue weighted by atomic mass is 79.9. The number of esters is 1. The van der Waals surface area contributed by atoms with Crippen LogP contribution < -0.4 is 30.3 Å². The average molecular weight is 750 g/mol. The molecule has 1 heterocycles. The number of benzene rings is 3. The van der Waals surface area contributed by atoms with Crippen molar-refractivity contribution in [2.45, 2.75) is 32.7 Å². The summed E-state index contributed by atoms with van der Waals surface area (Å²) in [5, 5.41) is 19.8. The Bertz CT molecular complexity index is 1600. The second-order valence-corrected chi connectivity index (χ2v) is 11.3. The molecule has 45 heavy (non-hydrogen) atoms. The average Bonchev–Trinajstić information content (AvgIpc) is 3.00. The lowest BCUT2D eigenvalue weighted by molar-refractivity contribution is -0.136. The summed E-state index contributed by atoms with van der Waals surface area (Å²) >= 11 is 6.94. The maximum Gasteiger partial charge on any atom is 0.337 e. The van der Waals surface area contributed by atoms with Gasteiger partial charge in [0.05, 0.1) is 40.5 Å². The maximum atomic E-state index is 13.9. The number of methoxy groups -OCH3 is 1. The molecule has 0 unspecified atom stereocenters. The van der Waals surface area contributed by atoms with Gasteiger partial charge in [-0.15, -0.1) is 0 Å². The van der Waals surface area contributed by atoms with E-state index in [1.54, 1.807) is 62.4 Å². The van der Waals surface area contributed by atoms with Gasteiger partial charge in [-0.05, 0) is 87.2 Å². The Balaban J connectivity index is 1.37. The van der Waals surface area contributed by atoms with Gasteiger partial charge in [0.15, 0.2) is 17.7 Å². The van der Waals surface area contributed by atoms with E-state index in [1.807, 2.05) is 0 Å². The zero-order chi connectivity index (χ0) is 32.5. The molecule has 1 aliphatic rings. The molecule has 0 saturated carbocycles. The number of carbonyl (C=O) groups is 2. The van der Waals surface area contributed by atoms with Crippen LogP contribution in [0, 0.1) is 5.82 Å². The van der Waals surface area contributed by atoms with Crippen LogP contribution in [0.5, 0.6) is 17.2 Å². The molecule has 238 valence electrons. The molecule has 0 aliphatic carbocycles. The van der Waals surface area contributed by atoms with Crippen LogP contribution in [0.1, 0.15) is 36.6 Å². The van der Waals surface area contributed by atoms with Crippen molar-refractivity contribution < 1.29 is 38.0 Å². The minimum absolute atomic E-state index is 0.0542. The number of nitrogens with one attached hydrogen (secondary N) is 3. The third-order valence-corrected chi connectivity index (χ3v) is 7.64. The fourth-order valence-electron chi connectivity index (χ4n) is 4.38. The molecule has 11 nitrogen and oxygen atoms in total. The van der Waals surface area contributed by atoms with Gasteiger partial charge in [0.25, 0.3) is 0 Å². The second-order valence-electron chi connectivity index (χ2n) is 9.61. The van der Waals surface area contributed by atoms with Gasteiger partial charge in [-0.25, -0.2) is 14.0 Å². The van der Waals surface area contributed by atoms with Crippen LogP contribution in [-0.2, 0) is 16.1 Å². The number of rotatable bonds is 13. The molecule has 0 fully saturated rings. The van der Waals surface area contributed by atoms with E-state index in [0.29, 0.717) is 55.2 Å². The summed E-state index contributed by atoms with van der Waals surface area (Å²) in [7, 11) is 1.27. The number of hydrogen-bond donors (Lipinski definition) is 4. The van der Waals surface area contributed by atoms with Crippen molar-refractivity contribution in [3.8, 4) is 17.2 Å². The molecule has 14 heteroatoms. The number of ether oxygens (including phenoxy) is 4. The van der Waals surface area contributed by atoms with Gasteiger partial charge in [0.2, 0.25) is 0 Å². The normalized spacial score (nSPS) is 15.3. The minimum atomic E-state index is -1.18. The molecule has 0 spiro atoms. The molecule has 4 rings (SSSR count). The Morgan fingerprint density at radius 1 is 1.11 bits per heavy atom. The molecular weight excluding hydrogens is 719 g/mol. The van der Waals surface area contributed by atoms with E-state index >= 15 is 0 Å². The number of hydrogen-bond acceptors (Lipinski definition) is 9. The van der Waals surface area contributed by atoms with E-state index in [9.17, 15) is 19.1 Å². The lowest BCUT2D eigenvalue weighted by Gasteiger charge is -2.28. The lowest BCUT2D eigenvalue weighted by Crippen LogP contribution is -2.45. The Morgan fingerprint density at radius 2 is 1.84 bits per heavy atom. The summed E-state index contributed by atoms with van der Waals surface area (Å²) in [4.78, 5) is 24.6. The highest BCUT2D eigenvalue weighted by Gasteiger charge is 2.32. The fourth-order valence-corrected chi connectivity index (χ4v) is 5.83. The van der Waals surface area contributed by atoms with Crippen LogP contribution >= 0.6 is 31.9 Å². The quantitative estimate of drug-likeness (QED) is 0.0784. The van der Waals surface area contributed by atoms with Crippen LogP contribution in [-0.4, -0.2) is 49.9 Å². The van der Waals surface area contributed by atoms with Gasteiger partial charge >= 0.3 is 12.0 Å². The summed E-state index contributed by atoms with van der Waals surface area (Å²) in [6.45, 7) is 3.62. The Labute approximate surface area is 276 Å². The van der Waals surface area contributed by atoms with Crippen molar-refractivity contribution in [2.24, 2.45) is 5.10 Å². The summed E-state index contributed by atoms with van der Waals surface area (Å²) < 4.78 is 37.4. The summed E-state index contributed by atoms with van der Waals surface area (Å²) in [6, 6.07) is 13.7. The fraction of sp³-hybridized carbons (Fsp3) is 0.258. The van der Waals surface area contributed by atoms with Crippen molar-refractivity contribution in [3.63, 3.8) is 0 Å². The molecule has 2 atom stereocenters. The van der Waals surface area contributed by atoms with Gasteiger partial charge in [-0.1, -0.05) is 24.3 Å². The molecule has 0 radical (unpaired) electrons. The SMILES string of the molecule is CCOc1cc([C@@H]2NC(=O)NC(C)=C2C(=O)OC)ccc1OC[C@H](O)N/N=C\c1cc(Br)c(OCc2ccccc2F)c(Br)c1. The van der Waals surface area contributed by atoms with Gasteiger partial charge in [-0.3, -0.25) is 5.43 Å². The van der Waals surface area contributed by atoms with Crippen molar-refractivity contribution in [1.82, 2.24) is 16.1 Å². The zero-order valence-corrected chi connectivity index (χ0v) is 27.7. The summed E-state index contributed by atoms with van der Waals surface area (Å²) in [5.74, 6) is 0.268. The number of amides is 2. The van der Waals surface area contributed by atoms with E-state index in [1.165, 1.54) is 19.4 Å². The van der Waals surface area contributed by atoms with Crippen molar-refractivity contribution in [3.05, 3.63) is 97.3 Å². The molecule has 0 aromatic heterocycles. The third kappa shape index (κ3) is 8.74. The summed E-state index contributed by atoms with van der Waals surface area (Å²) in [6.07, 6.45) is 0.326. The number of nitrogens with zero attached hydrogens (tertiary/aromatic N) is 1. The van der Waals surface area contributed by atoms with Gasteiger partial charge in [-0.2, -0.15) is 5.10 Å². The molecule has 4 N–H and O–H groups in total. The topological polar surface area (TPSA) is 140 Å². The van der Waals surface area contributed by atoms with Gasteiger partial charge in [0.1, 0.15) is 24.8 Å². The van der Waals surface area contributed by atoms with E-state index in [2.05, 4.69) is 53.0 Å². The molecular formula is C31H31Br2FN4O7. The van der Waals surface area contributed by atoms with Crippen molar-refractivity contribution >= 4 is 50.1 Å². The second kappa shape index (κ2) is 15.7. The molecule has 3 aromatic carbocycles. The highest BCUT2D eigenvalue weighted by Crippen LogP contribution is 2.36. The summed E-state index contributed by atoms with van der Waals surface area (Å²) in [5.41, 5.74) is 4.93. The third-order valence-electron chi connectivity index (χ3n) is 6.46. The first kappa shape index (κ1) is 33.7. The smallest absolute Gasteiger partial charge is 0.337 e. The van der Waals surface area contributed by atoms with E-state index in [-0.39, 0.29) is 24.6 Å². The first-order chi connectivity index (χ1) is 21.6. The Kier molecular flexibility index (Phi) is 11.8. The van der Waals surface area contributed by atoms with Crippen LogP contribution in [0.25, 0.3) is 0 Å². The number of urea groups is 1. The maximum absolute atomic E-state index is 13.9. The standard InChI is InChI=1S/C31H31Br2FN4O7/c1-4-43-25-13-19(28-27(30(40)42-3)17(2)36-31(41)37-28)9-10-24(25)44-16-26(39)38-35-14-18-11-21(32)29(22(33)12-18)45-15-20-7-5-6-8-23(20)34/h5-14,26,28,38-39H,4,15-16H2,1-3H3,(H2,36,37,41)/b35-14-/t26-,28-/m0/s1. The van der Waals surface area contributed by atoms with E-state index in [0.717, 1.165) is 0 Å². The van der Waals surface area contributed by atoms with Gasteiger partial charge in [0, 0.05) is 11.3 Å². The van der Waals surface area contributed by atoms with Crippen molar-refractivity contribution in [2.75, 3.05) is 20.3 Å². The zero-order valence-electron chi connectivity index (χ0n) is 24.5. The molecule has 2 amide bonds. The van der Waals surface area contributed by atoms with E-state index in [4.69, 9.17) is 18.9 Å². The van der Waals surface area contributed by atoms with Gasteiger partial charge < -0.3 is 34.7 Å².